The van der Waals surface area contributed by atoms with Crippen LogP contribution in [0.4, 0.5) is 5.69 Å². The molecule has 2 aromatic carbocycles. The Morgan fingerprint density at radius 2 is 1.73 bits per heavy atom. The standard InChI is InChI=1S/C22H22N2O2/c1-21(11-12-21)20(26)24-14-13-22(18(24)15-7-3-2-4-8-15)16-9-5-6-10-17(16)23-19(22)25/h2-10,18H,11-14H2,1H3,(H,23,25)/t18-,22+/m0/s1. The number of amides is 2. The molecule has 4 nitrogen and oxygen atoms in total. The lowest BCUT2D eigenvalue weighted by molar-refractivity contribution is -0.138. The Balaban J connectivity index is 1.68. The van der Waals surface area contributed by atoms with E-state index in [1.54, 1.807) is 0 Å². The Kier molecular flexibility index (Phi) is 3.12. The minimum atomic E-state index is -0.696. The van der Waals surface area contributed by atoms with Gasteiger partial charge < -0.3 is 10.2 Å². The summed E-state index contributed by atoms with van der Waals surface area (Å²) in [6.07, 6.45) is 2.55. The van der Waals surface area contributed by atoms with Crippen LogP contribution in [-0.4, -0.2) is 23.3 Å². The van der Waals surface area contributed by atoms with Crippen LogP contribution in [0.25, 0.3) is 0 Å². The normalized spacial score (nSPS) is 28.1. The molecule has 1 spiro atoms. The van der Waals surface area contributed by atoms with Crippen LogP contribution in [0.1, 0.15) is 43.4 Å². The van der Waals surface area contributed by atoms with Crippen molar-refractivity contribution in [2.75, 3.05) is 11.9 Å². The predicted molar refractivity (Wildman–Crippen MR) is 99.6 cm³/mol. The van der Waals surface area contributed by atoms with Crippen LogP contribution >= 0.6 is 0 Å². The first-order valence-electron chi connectivity index (χ1n) is 9.33. The van der Waals surface area contributed by atoms with Crippen LogP contribution in [0.5, 0.6) is 0 Å². The van der Waals surface area contributed by atoms with Crippen molar-refractivity contribution >= 4 is 17.5 Å². The van der Waals surface area contributed by atoms with Crippen LogP contribution < -0.4 is 5.32 Å². The van der Waals surface area contributed by atoms with Crippen molar-refractivity contribution in [2.24, 2.45) is 5.41 Å². The Morgan fingerprint density at radius 1 is 1.04 bits per heavy atom. The zero-order chi connectivity index (χ0) is 17.9. The molecular weight excluding hydrogens is 324 g/mol. The lowest BCUT2D eigenvalue weighted by Crippen LogP contribution is -2.44. The number of fused-ring (bicyclic) bond motifs is 2. The number of nitrogens with one attached hydrogen (secondary N) is 1. The molecule has 4 heteroatoms. The molecule has 1 N–H and O–H groups in total. The largest absolute Gasteiger partial charge is 0.334 e. The quantitative estimate of drug-likeness (QED) is 0.902. The molecule has 2 atom stereocenters. The van der Waals surface area contributed by atoms with Crippen molar-refractivity contribution in [2.45, 2.75) is 37.6 Å². The molecule has 1 aliphatic carbocycles. The number of anilines is 1. The number of benzene rings is 2. The van der Waals surface area contributed by atoms with Gasteiger partial charge in [-0.3, -0.25) is 9.59 Å². The van der Waals surface area contributed by atoms with Gasteiger partial charge in [-0.1, -0.05) is 55.5 Å². The van der Waals surface area contributed by atoms with Crippen LogP contribution in [0, 0.1) is 5.41 Å². The maximum atomic E-state index is 13.3. The summed E-state index contributed by atoms with van der Waals surface area (Å²) in [5.74, 6) is 0.212. The van der Waals surface area contributed by atoms with Crippen LogP contribution in [0.2, 0.25) is 0 Å². The second-order valence-corrected chi connectivity index (χ2v) is 8.09. The van der Waals surface area contributed by atoms with Crippen molar-refractivity contribution in [1.29, 1.82) is 0 Å². The van der Waals surface area contributed by atoms with E-state index < -0.39 is 5.41 Å². The average molecular weight is 346 g/mol. The molecule has 0 aromatic heterocycles. The van der Waals surface area contributed by atoms with Crippen molar-refractivity contribution < 1.29 is 9.59 Å². The molecule has 0 radical (unpaired) electrons. The Bertz CT molecular complexity index is 903. The molecule has 2 aromatic rings. The number of hydrogen-bond donors (Lipinski definition) is 1. The number of para-hydroxylation sites is 1. The molecule has 132 valence electrons. The highest BCUT2D eigenvalue weighted by atomic mass is 16.2. The number of carbonyl (C=O) groups excluding carboxylic acids is 2. The molecule has 3 aliphatic rings. The van der Waals surface area contributed by atoms with E-state index >= 15 is 0 Å². The summed E-state index contributed by atoms with van der Waals surface area (Å²) < 4.78 is 0. The number of rotatable bonds is 2. The molecule has 5 rings (SSSR count). The maximum absolute atomic E-state index is 13.3. The van der Waals surface area contributed by atoms with Gasteiger partial charge in [0.2, 0.25) is 11.8 Å². The van der Waals surface area contributed by atoms with Gasteiger partial charge in [0, 0.05) is 17.6 Å². The van der Waals surface area contributed by atoms with E-state index in [2.05, 4.69) is 5.32 Å². The topological polar surface area (TPSA) is 49.4 Å². The van der Waals surface area contributed by atoms with Gasteiger partial charge in [0.1, 0.15) is 5.41 Å². The Hall–Kier alpha value is -2.62. The molecule has 1 saturated carbocycles. The molecule has 2 heterocycles. The third-order valence-corrected chi connectivity index (χ3v) is 6.48. The summed E-state index contributed by atoms with van der Waals surface area (Å²) in [4.78, 5) is 28.5. The SMILES string of the molecule is CC1(C(=O)N2CC[C@]3(C(=O)Nc4ccccc43)[C@@H]2c2ccccc2)CC1. The number of likely N-dealkylation sites (tertiary alicyclic amines) is 1. The summed E-state index contributed by atoms with van der Waals surface area (Å²) in [7, 11) is 0. The number of carbonyl (C=O) groups is 2. The first-order chi connectivity index (χ1) is 12.6. The number of hydrogen-bond acceptors (Lipinski definition) is 2. The second-order valence-electron chi connectivity index (χ2n) is 8.09. The Morgan fingerprint density at radius 3 is 2.46 bits per heavy atom. The highest BCUT2D eigenvalue weighted by molar-refractivity contribution is 6.08. The average Bonchev–Trinajstić information content (AvgIpc) is 3.20. The van der Waals surface area contributed by atoms with Crippen LogP contribution in [0.15, 0.2) is 54.6 Å². The van der Waals surface area contributed by atoms with Gasteiger partial charge in [-0.05, 0) is 36.5 Å². The van der Waals surface area contributed by atoms with Crippen molar-refractivity contribution in [3.8, 4) is 0 Å². The summed E-state index contributed by atoms with van der Waals surface area (Å²) in [6.45, 7) is 2.67. The van der Waals surface area contributed by atoms with E-state index in [1.807, 2.05) is 66.4 Å². The summed E-state index contributed by atoms with van der Waals surface area (Å²) in [5, 5.41) is 3.07. The monoisotopic (exact) mass is 346 g/mol. The first kappa shape index (κ1) is 15.6. The van der Waals surface area contributed by atoms with E-state index in [4.69, 9.17) is 0 Å². The van der Waals surface area contributed by atoms with Crippen LogP contribution in [0.3, 0.4) is 0 Å². The van der Waals surface area contributed by atoms with Gasteiger partial charge in [-0.25, -0.2) is 0 Å². The molecular formula is C22H22N2O2. The van der Waals surface area contributed by atoms with E-state index in [1.165, 1.54) is 0 Å². The summed E-state index contributed by atoms with van der Waals surface area (Å²) >= 11 is 0. The third-order valence-electron chi connectivity index (χ3n) is 6.48. The molecule has 2 amide bonds. The Labute approximate surface area is 153 Å². The highest BCUT2D eigenvalue weighted by Crippen LogP contribution is 2.57. The molecule has 0 unspecified atom stereocenters. The van der Waals surface area contributed by atoms with Crippen molar-refractivity contribution in [3.63, 3.8) is 0 Å². The molecule has 2 aliphatic heterocycles. The highest BCUT2D eigenvalue weighted by Gasteiger charge is 2.61. The summed E-state index contributed by atoms with van der Waals surface area (Å²) in [6, 6.07) is 17.7. The van der Waals surface area contributed by atoms with Gasteiger partial charge in [0.25, 0.3) is 0 Å². The lowest BCUT2D eigenvalue weighted by atomic mass is 9.72. The summed E-state index contributed by atoms with van der Waals surface area (Å²) in [5.41, 5.74) is 2.00. The van der Waals surface area contributed by atoms with E-state index in [-0.39, 0.29) is 23.3 Å². The number of nitrogens with zero attached hydrogens (tertiary/aromatic N) is 1. The smallest absolute Gasteiger partial charge is 0.237 e. The van der Waals surface area contributed by atoms with Gasteiger partial charge in [0.05, 0.1) is 6.04 Å². The molecule has 1 saturated heterocycles. The lowest BCUT2D eigenvalue weighted by Gasteiger charge is -2.35. The first-order valence-corrected chi connectivity index (χ1v) is 9.33. The fourth-order valence-corrected chi connectivity index (χ4v) is 4.75. The van der Waals surface area contributed by atoms with E-state index in [9.17, 15) is 9.59 Å². The van der Waals surface area contributed by atoms with Gasteiger partial charge in [0.15, 0.2) is 0 Å². The van der Waals surface area contributed by atoms with E-state index in [0.29, 0.717) is 13.0 Å². The minimum Gasteiger partial charge on any atom is -0.334 e. The predicted octanol–water partition coefficient (Wildman–Crippen LogP) is 3.65. The van der Waals surface area contributed by atoms with Gasteiger partial charge >= 0.3 is 0 Å². The maximum Gasteiger partial charge on any atom is 0.237 e. The van der Waals surface area contributed by atoms with Crippen LogP contribution in [-0.2, 0) is 15.0 Å². The van der Waals surface area contributed by atoms with Gasteiger partial charge in [-0.2, -0.15) is 0 Å². The third kappa shape index (κ3) is 1.96. The zero-order valence-electron chi connectivity index (χ0n) is 14.9. The fraction of sp³-hybridized carbons (Fsp3) is 0.364. The molecule has 26 heavy (non-hydrogen) atoms. The fourth-order valence-electron chi connectivity index (χ4n) is 4.75. The molecule has 2 fully saturated rings. The second kappa shape index (κ2) is 5.19. The van der Waals surface area contributed by atoms with E-state index in [0.717, 1.165) is 29.7 Å². The van der Waals surface area contributed by atoms with Crippen molar-refractivity contribution in [3.05, 3.63) is 65.7 Å². The van der Waals surface area contributed by atoms with Gasteiger partial charge in [-0.15, -0.1) is 0 Å². The zero-order valence-corrected chi connectivity index (χ0v) is 14.9. The molecule has 0 bridgehead atoms. The minimum absolute atomic E-state index is 0.0174. The van der Waals surface area contributed by atoms with Crippen molar-refractivity contribution in [1.82, 2.24) is 4.90 Å².